The van der Waals surface area contributed by atoms with Gasteiger partial charge in [-0.2, -0.15) is 0 Å². The summed E-state index contributed by atoms with van der Waals surface area (Å²) in [4.78, 5) is 15.5. The Labute approximate surface area is 108 Å². The summed E-state index contributed by atoms with van der Waals surface area (Å²) in [6.07, 6.45) is 2.38. The topological polar surface area (TPSA) is 57.0 Å². The molecule has 3 rings (SSSR count). The second kappa shape index (κ2) is 4.81. The van der Waals surface area contributed by atoms with Gasteiger partial charge in [0.25, 0.3) is 0 Å². The Morgan fingerprint density at radius 3 is 2.89 bits per heavy atom. The van der Waals surface area contributed by atoms with Crippen molar-refractivity contribution < 1.29 is 9.53 Å². The van der Waals surface area contributed by atoms with Gasteiger partial charge in [-0.1, -0.05) is 30.0 Å². The standard InChI is InChI=1S/C12H11N3O2S/c16-11-10(6-7-17-11)18-12-13-8-15(14-12)9-4-2-1-3-5-9/h1-5,8,10H,6-7H2. The largest absolute Gasteiger partial charge is 0.465 e. The number of hydrogen-bond donors (Lipinski definition) is 0. The molecule has 92 valence electrons. The Bertz CT molecular complexity index is 555. The quantitative estimate of drug-likeness (QED) is 0.787. The van der Waals surface area contributed by atoms with Gasteiger partial charge < -0.3 is 4.74 Å². The number of hydrogen-bond acceptors (Lipinski definition) is 5. The highest BCUT2D eigenvalue weighted by Gasteiger charge is 2.28. The van der Waals surface area contributed by atoms with Crippen LogP contribution in [0.1, 0.15) is 6.42 Å². The van der Waals surface area contributed by atoms with Crippen molar-refractivity contribution in [3.63, 3.8) is 0 Å². The normalized spacial score (nSPS) is 18.9. The lowest BCUT2D eigenvalue weighted by atomic mass is 10.3. The minimum absolute atomic E-state index is 0.170. The lowest BCUT2D eigenvalue weighted by Gasteiger charge is -2.00. The summed E-state index contributed by atoms with van der Waals surface area (Å²) >= 11 is 1.36. The summed E-state index contributed by atoms with van der Waals surface area (Å²) in [5.41, 5.74) is 0.950. The lowest BCUT2D eigenvalue weighted by Crippen LogP contribution is -2.09. The molecular weight excluding hydrogens is 250 g/mol. The maximum absolute atomic E-state index is 11.4. The Hall–Kier alpha value is -1.82. The number of benzene rings is 1. The molecule has 5 nitrogen and oxygen atoms in total. The van der Waals surface area contributed by atoms with Gasteiger partial charge >= 0.3 is 5.97 Å². The second-order valence-corrected chi connectivity index (χ2v) is 5.04. The average molecular weight is 261 g/mol. The second-order valence-electron chi connectivity index (χ2n) is 3.87. The summed E-state index contributed by atoms with van der Waals surface area (Å²) in [6, 6.07) is 9.74. The van der Waals surface area contributed by atoms with Crippen LogP contribution in [0.5, 0.6) is 0 Å². The highest BCUT2D eigenvalue weighted by molar-refractivity contribution is 8.00. The minimum Gasteiger partial charge on any atom is -0.465 e. The zero-order valence-corrected chi connectivity index (χ0v) is 10.3. The van der Waals surface area contributed by atoms with Crippen molar-refractivity contribution in [2.75, 3.05) is 6.61 Å². The molecule has 1 aromatic carbocycles. The number of nitrogens with zero attached hydrogens (tertiary/aromatic N) is 3. The van der Waals surface area contributed by atoms with Crippen LogP contribution in [-0.2, 0) is 9.53 Å². The van der Waals surface area contributed by atoms with E-state index < -0.39 is 0 Å². The predicted octanol–water partition coefficient (Wildman–Crippen LogP) is 1.67. The van der Waals surface area contributed by atoms with Crippen molar-refractivity contribution in [2.24, 2.45) is 0 Å². The first kappa shape index (κ1) is 11.3. The molecule has 1 atom stereocenters. The lowest BCUT2D eigenvalue weighted by molar-refractivity contribution is -0.137. The van der Waals surface area contributed by atoms with Crippen LogP contribution < -0.4 is 0 Å². The van der Waals surface area contributed by atoms with Crippen LogP contribution in [0, 0.1) is 0 Å². The molecular formula is C12H11N3O2S. The van der Waals surface area contributed by atoms with Gasteiger partial charge in [-0.3, -0.25) is 4.79 Å². The third kappa shape index (κ3) is 2.24. The predicted molar refractivity (Wildman–Crippen MR) is 66.6 cm³/mol. The van der Waals surface area contributed by atoms with Crippen LogP contribution in [0.15, 0.2) is 41.8 Å². The van der Waals surface area contributed by atoms with E-state index in [4.69, 9.17) is 4.74 Å². The fraction of sp³-hybridized carbons (Fsp3) is 0.250. The van der Waals surface area contributed by atoms with E-state index >= 15 is 0 Å². The Morgan fingerprint density at radius 2 is 2.17 bits per heavy atom. The Kier molecular flexibility index (Phi) is 3.02. The smallest absolute Gasteiger partial charge is 0.319 e. The van der Waals surface area contributed by atoms with Crippen LogP contribution in [-0.4, -0.2) is 32.6 Å². The summed E-state index contributed by atoms with van der Waals surface area (Å²) < 4.78 is 6.60. The number of para-hydroxylation sites is 1. The average Bonchev–Trinajstić information content (AvgIpc) is 3.02. The van der Waals surface area contributed by atoms with Crippen molar-refractivity contribution in [1.82, 2.24) is 14.8 Å². The first-order valence-corrected chi connectivity index (χ1v) is 6.51. The molecule has 0 N–H and O–H groups in total. The van der Waals surface area contributed by atoms with E-state index in [-0.39, 0.29) is 11.2 Å². The number of ether oxygens (including phenoxy) is 1. The molecule has 1 aliphatic heterocycles. The molecule has 2 aromatic rings. The van der Waals surface area contributed by atoms with E-state index in [1.54, 1.807) is 11.0 Å². The molecule has 0 aliphatic carbocycles. The number of carbonyl (C=O) groups is 1. The molecule has 6 heteroatoms. The van der Waals surface area contributed by atoms with Gasteiger partial charge in [-0.15, -0.1) is 5.10 Å². The van der Waals surface area contributed by atoms with E-state index in [1.165, 1.54) is 11.8 Å². The fourth-order valence-corrected chi connectivity index (χ4v) is 2.59. The van der Waals surface area contributed by atoms with Crippen LogP contribution >= 0.6 is 11.8 Å². The van der Waals surface area contributed by atoms with E-state index in [9.17, 15) is 4.79 Å². The number of cyclic esters (lactones) is 1. The molecule has 1 unspecified atom stereocenters. The zero-order chi connectivity index (χ0) is 12.4. The van der Waals surface area contributed by atoms with Gasteiger partial charge in [0.15, 0.2) is 0 Å². The van der Waals surface area contributed by atoms with Crippen LogP contribution in [0.25, 0.3) is 5.69 Å². The van der Waals surface area contributed by atoms with Gasteiger partial charge in [-0.25, -0.2) is 9.67 Å². The molecule has 0 bridgehead atoms. The van der Waals surface area contributed by atoms with Crippen molar-refractivity contribution in [3.05, 3.63) is 36.7 Å². The molecule has 0 saturated carbocycles. The molecule has 1 saturated heterocycles. The van der Waals surface area contributed by atoms with E-state index in [0.29, 0.717) is 11.8 Å². The van der Waals surface area contributed by atoms with Crippen molar-refractivity contribution in [3.8, 4) is 5.69 Å². The number of thioether (sulfide) groups is 1. The number of carbonyl (C=O) groups excluding carboxylic acids is 1. The number of esters is 1. The van der Waals surface area contributed by atoms with Gasteiger partial charge in [-0.05, 0) is 12.1 Å². The SMILES string of the molecule is O=C1OCCC1Sc1ncn(-c2ccccc2)n1. The molecule has 0 radical (unpaired) electrons. The van der Waals surface area contributed by atoms with Crippen molar-refractivity contribution in [1.29, 1.82) is 0 Å². The highest BCUT2D eigenvalue weighted by Crippen LogP contribution is 2.26. The number of aromatic nitrogens is 3. The summed E-state index contributed by atoms with van der Waals surface area (Å²) in [6.45, 7) is 0.496. The van der Waals surface area contributed by atoms with Gasteiger partial charge in [0.2, 0.25) is 5.16 Å². The molecule has 1 aliphatic rings. The third-order valence-electron chi connectivity index (χ3n) is 2.63. The maximum Gasteiger partial charge on any atom is 0.319 e. The summed E-state index contributed by atoms with van der Waals surface area (Å²) in [7, 11) is 0. The van der Waals surface area contributed by atoms with Gasteiger partial charge in [0, 0.05) is 6.42 Å². The third-order valence-corrected chi connectivity index (χ3v) is 3.74. The Morgan fingerprint density at radius 1 is 1.33 bits per heavy atom. The molecule has 18 heavy (non-hydrogen) atoms. The molecule has 2 heterocycles. The fourth-order valence-electron chi connectivity index (χ4n) is 1.72. The van der Waals surface area contributed by atoms with Crippen LogP contribution in [0.4, 0.5) is 0 Å². The monoisotopic (exact) mass is 261 g/mol. The zero-order valence-electron chi connectivity index (χ0n) is 9.52. The van der Waals surface area contributed by atoms with Crippen molar-refractivity contribution in [2.45, 2.75) is 16.8 Å². The highest BCUT2D eigenvalue weighted by atomic mass is 32.2. The van der Waals surface area contributed by atoms with Gasteiger partial charge in [0.05, 0.1) is 12.3 Å². The summed E-state index contributed by atoms with van der Waals surface area (Å²) in [5.74, 6) is -0.170. The molecule has 1 aromatic heterocycles. The first-order chi connectivity index (χ1) is 8.83. The summed E-state index contributed by atoms with van der Waals surface area (Å²) in [5, 5.41) is 4.77. The first-order valence-electron chi connectivity index (χ1n) is 5.63. The molecule has 0 amide bonds. The van der Waals surface area contributed by atoms with E-state index in [1.807, 2.05) is 30.3 Å². The molecule has 0 spiro atoms. The maximum atomic E-state index is 11.4. The van der Waals surface area contributed by atoms with Crippen molar-refractivity contribution >= 4 is 17.7 Å². The van der Waals surface area contributed by atoms with Gasteiger partial charge in [0.1, 0.15) is 11.6 Å². The molecule has 1 fully saturated rings. The Balaban J connectivity index is 1.76. The van der Waals surface area contributed by atoms with Crippen LogP contribution in [0.3, 0.4) is 0 Å². The number of rotatable bonds is 3. The van der Waals surface area contributed by atoms with E-state index in [2.05, 4.69) is 10.1 Å². The minimum atomic E-state index is -0.170. The van der Waals surface area contributed by atoms with Crippen LogP contribution in [0.2, 0.25) is 0 Å². The van der Waals surface area contributed by atoms with E-state index in [0.717, 1.165) is 12.1 Å².